The van der Waals surface area contributed by atoms with Gasteiger partial charge in [-0.3, -0.25) is 4.79 Å². The summed E-state index contributed by atoms with van der Waals surface area (Å²) in [7, 11) is 3.66. The van der Waals surface area contributed by atoms with Crippen molar-refractivity contribution in [2.45, 2.75) is 19.3 Å². The third-order valence-electron chi connectivity index (χ3n) is 3.37. The minimum absolute atomic E-state index is 0.294. The molecule has 4 heteroatoms. The summed E-state index contributed by atoms with van der Waals surface area (Å²) in [6.07, 6.45) is 1.91. The zero-order chi connectivity index (χ0) is 12.6. The fourth-order valence-corrected chi connectivity index (χ4v) is 2.08. The topological polar surface area (TPSA) is 40.5 Å². The molecule has 17 heavy (non-hydrogen) atoms. The number of carboxylic acid groups (broad SMARTS) is 1. The van der Waals surface area contributed by atoms with Crippen LogP contribution in [-0.4, -0.2) is 25.2 Å². The third kappa shape index (κ3) is 2.25. The number of carbonyl (C=O) groups is 1. The van der Waals surface area contributed by atoms with Gasteiger partial charge in [-0.1, -0.05) is 6.07 Å². The summed E-state index contributed by atoms with van der Waals surface area (Å²) in [5.74, 6) is -1.04. The molecule has 1 aromatic carbocycles. The molecule has 0 unspecified atom stereocenters. The first-order chi connectivity index (χ1) is 7.94. The smallest absolute Gasteiger partial charge is 0.309 e. The van der Waals surface area contributed by atoms with E-state index in [2.05, 4.69) is 0 Å². The van der Waals surface area contributed by atoms with Gasteiger partial charge in [0, 0.05) is 19.8 Å². The Bertz CT molecular complexity index is 453. The normalized spacial score (nSPS) is 16.6. The minimum Gasteiger partial charge on any atom is -0.481 e. The molecule has 0 radical (unpaired) electrons. The Morgan fingerprint density at radius 2 is 2.12 bits per heavy atom. The van der Waals surface area contributed by atoms with E-state index in [1.807, 2.05) is 19.0 Å². The van der Waals surface area contributed by atoms with Gasteiger partial charge < -0.3 is 10.0 Å². The van der Waals surface area contributed by atoms with Crippen molar-refractivity contribution in [2.75, 3.05) is 19.0 Å². The van der Waals surface area contributed by atoms with Crippen molar-refractivity contribution in [3.63, 3.8) is 0 Å². The summed E-state index contributed by atoms with van der Waals surface area (Å²) in [6.45, 7) is 0. The maximum absolute atomic E-state index is 13.2. The molecular weight excluding hydrogens is 221 g/mol. The van der Waals surface area contributed by atoms with Crippen LogP contribution in [0.25, 0.3) is 0 Å². The van der Waals surface area contributed by atoms with Crippen LogP contribution in [0.4, 0.5) is 10.1 Å². The third-order valence-corrected chi connectivity index (χ3v) is 3.37. The van der Waals surface area contributed by atoms with Gasteiger partial charge in [-0.25, -0.2) is 4.39 Å². The Morgan fingerprint density at radius 1 is 1.47 bits per heavy atom. The lowest BCUT2D eigenvalue weighted by molar-refractivity contribution is -0.143. The monoisotopic (exact) mass is 237 g/mol. The summed E-state index contributed by atoms with van der Waals surface area (Å²) >= 11 is 0. The summed E-state index contributed by atoms with van der Waals surface area (Å²) in [5.41, 5.74) is 1.05. The van der Waals surface area contributed by atoms with Crippen molar-refractivity contribution in [3.8, 4) is 0 Å². The molecule has 0 heterocycles. The molecule has 1 aliphatic rings. The minimum atomic E-state index is -0.744. The maximum atomic E-state index is 13.2. The fourth-order valence-electron chi connectivity index (χ4n) is 2.08. The Kier molecular flexibility index (Phi) is 2.81. The molecule has 0 spiro atoms. The Labute approximate surface area is 99.9 Å². The Balaban J connectivity index is 2.30. The molecule has 0 atom stereocenters. The summed E-state index contributed by atoms with van der Waals surface area (Å²) < 4.78 is 13.2. The predicted molar refractivity (Wildman–Crippen MR) is 63.7 cm³/mol. The highest BCUT2D eigenvalue weighted by Crippen LogP contribution is 2.49. The average Bonchev–Trinajstić information content (AvgIpc) is 3.01. The molecule has 0 aliphatic heterocycles. The number of hydrogen-bond donors (Lipinski definition) is 1. The number of halogens is 1. The van der Waals surface area contributed by atoms with E-state index >= 15 is 0 Å². The zero-order valence-corrected chi connectivity index (χ0v) is 10.0. The number of hydrogen-bond acceptors (Lipinski definition) is 2. The first kappa shape index (κ1) is 11.9. The van der Waals surface area contributed by atoms with Gasteiger partial charge in [-0.2, -0.15) is 0 Å². The van der Waals surface area contributed by atoms with E-state index in [1.165, 1.54) is 12.1 Å². The van der Waals surface area contributed by atoms with Crippen molar-refractivity contribution in [2.24, 2.45) is 5.41 Å². The second-order valence-corrected chi connectivity index (χ2v) is 4.93. The van der Waals surface area contributed by atoms with Crippen LogP contribution >= 0.6 is 0 Å². The zero-order valence-electron chi connectivity index (χ0n) is 10.0. The summed E-state index contributed by atoms with van der Waals surface area (Å²) in [5, 5.41) is 9.16. The van der Waals surface area contributed by atoms with E-state index in [0.29, 0.717) is 19.3 Å². The van der Waals surface area contributed by atoms with Crippen LogP contribution in [0.5, 0.6) is 0 Å². The van der Waals surface area contributed by atoms with Crippen molar-refractivity contribution in [1.82, 2.24) is 0 Å². The summed E-state index contributed by atoms with van der Waals surface area (Å²) in [6, 6.07) is 4.53. The van der Waals surface area contributed by atoms with Crippen molar-refractivity contribution < 1.29 is 14.3 Å². The first-order valence-electron chi connectivity index (χ1n) is 5.64. The van der Waals surface area contributed by atoms with Gasteiger partial charge in [0.25, 0.3) is 0 Å². The van der Waals surface area contributed by atoms with Crippen molar-refractivity contribution in [1.29, 1.82) is 0 Å². The summed E-state index contributed by atoms with van der Waals surface area (Å²) in [4.78, 5) is 13.0. The van der Waals surface area contributed by atoms with Crippen molar-refractivity contribution in [3.05, 3.63) is 29.6 Å². The van der Waals surface area contributed by atoms with Crippen LogP contribution in [0, 0.1) is 11.2 Å². The second kappa shape index (κ2) is 4.02. The molecule has 0 amide bonds. The van der Waals surface area contributed by atoms with Crippen LogP contribution < -0.4 is 4.90 Å². The van der Waals surface area contributed by atoms with Crippen LogP contribution in [0.2, 0.25) is 0 Å². The molecule has 1 saturated carbocycles. The van der Waals surface area contributed by atoms with E-state index in [9.17, 15) is 9.18 Å². The first-order valence-corrected chi connectivity index (χ1v) is 5.64. The lowest BCUT2D eigenvalue weighted by Gasteiger charge is -2.19. The van der Waals surface area contributed by atoms with E-state index < -0.39 is 11.4 Å². The highest BCUT2D eigenvalue weighted by molar-refractivity contribution is 5.78. The van der Waals surface area contributed by atoms with E-state index in [4.69, 9.17) is 5.11 Å². The van der Waals surface area contributed by atoms with Gasteiger partial charge in [0.2, 0.25) is 0 Å². The lowest BCUT2D eigenvalue weighted by Crippen LogP contribution is -2.20. The number of aliphatic carboxylic acids is 1. The molecule has 1 fully saturated rings. The fraction of sp³-hybridized carbons (Fsp3) is 0.462. The van der Waals surface area contributed by atoms with E-state index in [1.54, 1.807) is 6.07 Å². The lowest BCUT2D eigenvalue weighted by atomic mass is 9.95. The van der Waals surface area contributed by atoms with Gasteiger partial charge >= 0.3 is 5.97 Å². The van der Waals surface area contributed by atoms with Gasteiger partial charge in [-0.05, 0) is 37.0 Å². The second-order valence-electron chi connectivity index (χ2n) is 4.93. The van der Waals surface area contributed by atoms with Crippen LogP contribution in [0.15, 0.2) is 18.2 Å². The Morgan fingerprint density at radius 3 is 2.59 bits per heavy atom. The largest absolute Gasteiger partial charge is 0.481 e. The Hall–Kier alpha value is -1.58. The molecule has 1 aromatic rings. The highest BCUT2D eigenvalue weighted by Gasteiger charge is 2.50. The van der Waals surface area contributed by atoms with Crippen molar-refractivity contribution >= 4 is 11.7 Å². The average molecular weight is 237 g/mol. The molecule has 1 N–H and O–H groups in total. The van der Waals surface area contributed by atoms with Gasteiger partial charge in [0.15, 0.2) is 0 Å². The van der Waals surface area contributed by atoms with Gasteiger partial charge in [-0.15, -0.1) is 0 Å². The van der Waals surface area contributed by atoms with Gasteiger partial charge in [0.1, 0.15) is 5.82 Å². The quantitative estimate of drug-likeness (QED) is 0.873. The molecule has 0 saturated heterocycles. The molecule has 1 aliphatic carbocycles. The predicted octanol–water partition coefficient (Wildman–Crippen LogP) is 2.30. The van der Waals surface area contributed by atoms with Gasteiger partial charge in [0.05, 0.1) is 5.41 Å². The van der Waals surface area contributed by atoms with Crippen LogP contribution in [0.3, 0.4) is 0 Å². The standard InChI is InChI=1S/C13H16FNO2/c1-15(2)11-7-10(14)4-3-9(11)8-13(5-6-13)12(16)17/h3-4,7H,5-6,8H2,1-2H3,(H,16,17). The number of carboxylic acids is 1. The molecule has 3 nitrogen and oxygen atoms in total. The SMILES string of the molecule is CN(C)c1cc(F)ccc1CC1(C(=O)O)CC1. The molecule has 92 valence electrons. The molecular formula is C13H16FNO2. The van der Waals surface area contributed by atoms with Crippen LogP contribution in [-0.2, 0) is 11.2 Å². The van der Waals surface area contributed by atoms with E-state index in [0.717, 1.165) is 11.3 Å². The highest BCUT2D eigenvalue weighted by atomic mass is 19.1. The maximum Gasteiger partial charge on any atom is 0.309 e. The van der Waals surface area contributed by atoms with Crippen LogP contribution in [0.1, 0.15) is 18.4 Å². The van der Waals surface area contributed by atoms with E-state index in [-0.39, 0.29) is 5.82 Å². The number of nitrogens with zero attached hydrogens (tertiary/aromatic N) is 1. The molecule has 2 rings (SSSR count). The number of rotatable bonds is 4. The number of benzene rings is 1. The molecule has 0 aromatic heterocycles. The number of anilines is 1. The molecule has 0 bridgehead atoms.